The van der Waals surface area contributed by atoms with Crippen molar-refractivity contribution >= 4 is 58.3 Å². The summed E-state index contributed by atoms with van der Waals surface area (Å²) >= 11 is 2.52. The number of ketones is 1. The summed E-state index contributed by atoms with van der Waals surface area (Å²) in [6, 6.07) is 45.5. The predicted molar refractivity (Wildman–Crippen MR) is 234 cm³/mol. The lowest BCUT2D eigenvalue weighted by atomic mass is 9.84. The van der Waals surface area contributed by atoms with Gasteiger partial charge >= 0.3 is 0 Å². The number of carbonyl (C=O) groups is 5. The van der Waals surface area contributed by atoms with E-state index in [9.17, 15) is 32.8 Å². The summed E-state index contributed by atoms with van der Waals surface area (Å²) in [5.41, 5.74) is 3.77. The van der Waals surface area contributed by atoms with Crippen molar-refractivity contribution in [3.05, 3.63) is 219 Å². The van der Waals surface area contributed by atoms with E-state index in [1.807, 2.05) is 54.6 Å². The molecule has 8 rings (SSSR count). The lowest BCUT2D eigenvalue weighted by molar-refractivity contribution is -0.115. The van der Waals surface area contributed by atoms with E-state index in [0.717, 1.165) is 40.6 Å². The number of imide groups is 1. The number of halogens is 2. The highest BCUT2D eigenvalue weighted by Gasteiger charge is 2.45. The van der Waals surface area contributed by atoms with Crippen LogP contribution in [-0.4, -0.2) is 58.0 Å². The van der Waals surface area contributed by atoms with Gasteiger partial charge in [0, 0.05) is 35.5 Å². The number of amides is 4. The Balaban J connectivity index is 1.13. The molecule has 2 fully saturated rings. The van der Waals surface area contributed by atoms with Crippen LogP contribution < -0.4 is 10.6 Å². The van der Waals surface area contributed by atoms with Gasteiger partial charge < -0.3 is 10.2 Å². The number of nitrogens with zero attached hydrogens (tertiary/aromatic N) is 1. The first kappa shape index (κ1) is 41.1. The average molecular weight is 850 g/mol. The molecule has 304 valence electrons. The maximum atomic E-state index is 14.9. The number of benzene rings is 6. The highest BCUT2D eigenvalue weighted by molar-refractivity contribution is 8.18. The van der Waals surface area contributed by atoms with Gasteiger partial charge in [-0.15, -0.1) is 11.8 Å². The molecular formula is C49H37F2N3O5S2. The molecule has 0 aliphatic carbocycles. The molecule has 0 spiro atoms. The molecule has 2 aliphatic rings. The van der Waals surface area contributed by atoms with Gasteiger partial charge in [-0.2, -0.15) is 0 Å². The van der Waals surface area contributed by atoms with Crippen LogP contribution in [-0.2, 0) is 9.54 Å². The Morgan fingerprint density at radius 1 is 0.738 bits per heavy atom. The molecule has 0 unspecified atom stereocenters. The Morgan fingerprint density at radius 2 is 1.31 bits per heavy atom. The van der Waals surface area contributed by atoms with E-state index >= 15 is 0 Å². The third-order valence-electron chi connectivity index (χ3n) is 10.7. The Bertz CT molecular complexity index is 2570. The molecule has 2 aliphatic heterocycles. The minimum absolute atomic E-state index is 0.0305. The summed E-state index contributed by atoms with van der Waals surface area (Å²) in [6.45, 7) is 0.327. The Labute approximate surface area is 359 Å². The van der Waals surface area contributed by atoms with E-state index < -0.39 is 45.3 Å². The van der Waals surface area contributed by atoms with E-state index in [1.165, 1.54) is 12.1 Å². The summed E-state index contributed by atoms with van der Waals surface area (Å²) in [5.74, 6) is -3.96. The number of hydrogen-bond acceptors (Lipinski definition) is 7. The molecule has 2 atom stereocenters. The van der Waals surface area contributed by atoms with Crippen molar-refractivity contribution in [2.24, 2.45) is 0 Å². The number of rotatable bonds is 12. The van der Waals surface area contributed by atoms with E-state index in [4.69, 9.17) is 0 Å². The topological polar surface area (TPSA) is 113 Å². The molecule has 0 bridgehead atoms. The fourth-order valence-electron chi connectivity index (χ4n) is 7.83. The predicted octanol–water partition coefficient (Wildman–Crippen LogP) is 9.26. The molecule has 4 amide bonds. The number of nitrogens with one attached hydrogen (secondary N) is 2. The third kappa shape index (κ3) is 8.68. The lowest BCUT2D eigenvalue weighted by Gasteiger charge is -2.37. The quantitative estimate of drug-likeness (QED) is 0.0718. The van der Waals surface area contributed by atoms with E-state index in [-0.39, 0.29) is 45.8 Å². The van der Waals surface area contributed by atoms with Gasteiger partial charge in [-0.05, 0) is 76.8 Å². The molecule has 0 saturated carbocycles. The van der Waals surface area contributed by atoms with Gasteiger partial charge in [0.1, 0.15) is 11.6 Å². The molecule has 61 heavy (non-hydrogen) atoms. The number of carbonyl (C=O) groups excluding carboxylic acids is 5. The summed E-state index contributed by atoms with van der Waals surface area (Å²) in [5, 5.41) is 4.60. The van der Waals surface area contributed by atoms with Crippen molar-refractivity contribution in [2.75, 3.05) is 13.1 Å². The van der Waals surface area contributed by atoms with Gasteiger partial charge in [-0.25, -0.2) is 8.78 Å². The molecular weight excluding hydrogens is 813 g/mol. The summed E-state index contributed by atoms with van der Waals surface area (Å²) in [6.07, 6.45) is 2.04. The van der Waals surface area contributed by atoms with Crippen LogP contribution in [0.4, 0.5) is 13.6 Å². The highest BCUT2D eigenvalue weighted by atomic mass is 32.2. The number of likely N-dealkylation sites (tertiary alicyclic amines) is 1. The summed E-state index contributed by atoms with van der Waals surface area (Å²) in [7, 11) is 0. The molecule has 0 radical (unpaired) electrons. The van der Waals surface area contributed by atoms with Gasteiger partial charge in [0.05, 0.1) is 26.8 Å². The molecule has 2 heterocycles. The molecule has 2 saturated heterocycles. The zero-order valence-corrected chi connectivity index (χ0v) is 34.1. The molecule has 8 nitrogen and oxygen atoms in total. The van der Waals surface area contributed by atoms with Crippen molar-refractivity contribution in [3.8, 4) is 0 Å². The minimum atomic E-state index is -1.03. The first-order valence-corrected chi connectivity index (χ1v) is 21.2. The molecule has 12 heteroatoms. The van der Waals surface area contributed by atoms with Gasteiger partial charge in [0.15, 0.2) is 5.78 Å². The van der Waals surface area contributed by atoms with Crippen molar-refractivity contribution < 1.29 is 32.8 Å². The fourth-order valence-corrected chi connectivity index (χ4v) is 10.4. The van der Waals surface area contributed by atoms with Crippen LogP contribution in [0.2, 0.25) is 0 Å². The van der Waals surface area contributed by atoms with Crippen LogP contribution in [0.25, 0.3) is 6.08 Å². The van der Waals surface area contributed by atoms with E-state index in [0.29, 0.717) is 23.6 Å². The standard InChI is InChI=1S/C49H37F2N3O5S2/c50-36-24-25-41(42(51)27-36)44(55)39-18-10-11-19-40(39)47(58)54-30-38(28-37(54)29-52-45(56)32-22-20-31(21-23-32)26-43-46(57)53-48(59)60-43)61-49(33-12-4-1-5-13-33,34-14-6-2-7-15-34)35-16-8-3-9-17-35/h1-27,37-38H,28-30H2,(H,52,56)(H,53,57,59)/t37-,38+/m0/s1. The largest absolute Gasteiger partial charge is 0.350 e. The van der Waals surface area contributed by atoms with Gasteiger partial charge in [-0.1, -0.05) is 121 Å². The van der Waals surface area contributed by atoms with Gasteiger partial charge in [-0.3, -0.25) is 29.3 Å². The van der Waals surface area contributed by atoms with Crippen LogP contribution >= 0.6 is 23.5 Å². The maximum absolute atomic E-state index is 14.9. The third-order valence-corrected chi connectivity index (χ3v) is 13.3. The molecule has 2 N–H and O–H groups in total. The van der Waals surface area contributed by atoms with Crippen LogP contribution in [0, 0.1) is 11.6 Å². The second-order valence-corrected chi connectivity index (χ2v) is 17.1. The Morgan fingerprint density at radius 3 is 1.87 bits per heavy atom. The number of thioether (sulfide) groups is 2. The van der Waals surface area contributed by atoms with E-state index in [1.54, 1.807) is 59.1 Å². The van der Waals surface area contributed by atoms with E-state index in [2.05, 4.69) is 47.0 Å². The van der Waals surface area contributed by atoms with Crippen LogP contribution in [0.3, 0.4) is 0 Å². The summed E-state index contributed by atoms with van der Waals surface area (Å²) in [4.78, 5) is 67.9. The monoisotopic (exact) mass is 849 g/mol. The highest BCUT2D eigenvalue weighted by Crippen LogP contribution is 2.52. The Kier molecular flexibility index (Phi) is 12.1. The van der Waals surface area contributed by atoms with Crippen molar-refractivity contribution in [1.82, 2.24) is 15.5 Å². The van der Waals surface area contributed by atoms with Crippen molar-refractivity contribution in [3.63, 3.8) is 0 Å². The van der Waals surface area contributed by atoms with Crippen LogP contribution in [0.15, 0.2) is 163 Å². The average Bonchev–Trinajstić information content (AvgIpc) is 3.85. The first-order valence-electron chi connectivity index (χ1n) is 19.5. The second kappa shape index (κ2) is 17.9. The zero-order chi connectivity index (χ0) is 42.5. The van der Waals surface area contributed by atoms with Gasteiger partial charge in [0.25, 0.3) is 23.0 Å². The fraction of sp³-hybridized carbons (Fsp3) is 0.122. The van der Waals surface area contributed by atoms with Crippen molar-refractivity contribution in [2.45, 2.75) is 22.5 Å². The van der Waals surface area contributed by atoms with Crippen molar-refractivity contribution in [1.29, 1.82) is 0 Å². The lowest BCUT2D eigenvalue weighted by Crippen LogP contribution is -2.43. The second-order valence-electron chi connectivity index (χ2n) is 14.5. The summed E-state index contributed by atoms with van der Waals surface area (Å²) < 4.78 is 28.1. The molecule has 6 aromatic rings. The minimum Gasteiger partial charge on any atom is -0.350 e. The van der Waals surface area contributed by atoms with Crippen LogP contribution in [0.1, 0.15) is 65.3 Å². The molecule has 6 aromatic carbocycles. The number of hydrogen-bond donors (Lipinski definition) is 2. The first-order chi connectivity index (χ1) is 29.6. The van der Waals surface area contributed by atoms with Gasteiger partial charge in [0.2, 0.25) is 0 Å². The normalized spacial score (nSPS) is 17.0. The maximum Gasteiger partial charge on any atom is 0.290 e. The SMILES string of the molecule is O=C1NC(=O)C(=Cc2ccc(C(=O)NC[C@@H]3C[C@@H](SC(c4ccccc4)(c4ccccc4)c4ccccc4)CN3C(=O)c3ccccc3C(=O)c3ccc(F)cc3F)cc2)S1. The molecule has 0 aromatic heterocycles. The zero-order valence-electron chi connectivity index (χ0n) is 32.4. The Hall–Kier alpha value is -6.63. The van der Waals surface area contributed by atoms with Crippen LogP contribution in [0.5, 0.6) is 0 Å². The smallest absolute Gasteiger partial charge is 0.290 e.